The predicted octanol–water partition coefficient (Wildman–Crippen LogP) is 3.50. The van der Waals surface area contributed by atoms with Gasteiger partial charge in [-0.1, -0.05) is 19.4 Å². The fraction of sp³-hybridized carbons (Fsp3) is 0.625. The maximum Gasteiger partial charge on any atom is 0.161 e. The van der Waals surface area contributed by atoms with E-state index < -0.39 is 0 Å². The van der Waals surface area contributed by atoms with E-state index >= 15 is 0 Å². The summed E-state index contributed by atoms with van der Waals surface area (Å²) >= 11 is 0. The molecule has 1 aromatic rings. The molecule has 2 N–H and O–H groups in total. The fourth-order valence-electron chi connectivity index (χ4n) is 2.71. The van der Waals surface area contributed by atoms with Gasteiger partial charge in [-0.25, -0.2) is 0 Å². The molecule has 106 valence electrons. The van der Waals surface area contributed by atoms with Gasteiger partial charge in [-0.3, -0.25) is 0 Å². The van der Waals surface area contributed by atoms with Gasteiger partial charge in [-0.15, -0.1) is 0 Å². The number of benzene rings is 1. The number of rotatable bonds is 5. The van der Waals surface area contributed by atoms with Crippen LogP contribution in [0, 0.1) is 5.92 Å². The second-order valence-corrected chi connectivity index (χ2v) is 5.43. The van der Waals surface area contributed by atoms with Crippen molar-refractivity contribution in [2.24, 2.45) is 11.7 Å². The Hall–Kier alpha value is -1.22. The summed E-state index contributed by atoms with van der Waals surface area (Å²) < 4.78 is 11.8. The van der Waals surface area contributed by atoms with Gasteiger partial charge in [0.25, 0.3) is 0 Å². The first-order valence-electron chi connectivity index (χ1n) is 7.35. The molecule has 3 nitrogen and oxygen atoms in total. The van der Waals surface area contributed by atoms with Gasteiger partial charge >= 0.3 is 0 Å². The molecule has 0 heterocycles. The van der Waals surface area contributed by atoms with Crippen molar-refractivity contribution in [2.45, 2.75) is 52.2 Å². The Bertz CT molecular complexity index is 406. The average molecular weight is 263 g/mol. The first kappa shape index (κ1) is 14.2. The van der Waals surface area contributed by atoms with Crippen LogP contribution in [0.4, 0.5) is 0 Å². The molecule has 0 aromatic heterocycles. The van der Waals surface area contributed by atoms with Gasteiger partial charge in [0.15, 0.2) is 11.5 Å². The summed E-state index contributed by atoms with van der Waals surface area (Å²) in [5.74, 6) is 2.44. The van der Waals surface area contributed by atoms with Crippen LogP contribution < -0.4 is 15.2 Å². The smallest absolute Gasteiger partial charge is 0.161 e. The van der Waals surface area contributed by atoms with E-state index in [-0.39, 0.29) is 0 Å². The van der Waals surface area contributed by atoms with Gasteiger partial charge < -0.3 is 15.2 Å². The maximum absolute atomic E-state index is 6.14. The second kappa shape index (κ2) is 6.80. The van der Waals surface area contributed by atoms with Crippen molar-refractivity contribution in [3.8, 4) is 11.5 Å². The van der Waals surface area contributed by atoms with Crippen LogP contribution in [0.25, 0.3) is 0 Å². The van der Waals surface area contributed by atoms with Crippen molar-refractivity contribution in [1.82, 2.24) is 0 Å². The molecule has 1 aliphatic carbocycles. The molecular formula is C16H25NO2. The topological polar surface area (TPSA) is 44.5 Å². The van der Waals surface area contributed by atoms with E-state index in [2.05, 4.69) is 6.92 Å². The summed E-state index contributed by atoms with van der Waals surface area (Å²) in [5, 5.41) is 0. The second-order valence-electron chi connectivity index (χ2n) is 5.43. The van der Waals surface area contributed by atoms with E-state index in [4.69, 9.17) is 15.2 Å². The molecule has 1 aromatic carbocycles. The molecule has 1 saturated carbocycles. The third-order valence-electron chi connectivity index (χ3n) is 3.73. The minimum Gasteiger partial charge on any atom is -0.490 e. The quantitative estimate of drug-likeness (QED) is 0.884. The first-order valence-corrected chi connectivity index (χ1v) is 7.35. The lowest BCUT2D eigenvalue weighted by Crippen LogP contribution is -2.24. The third-order valence-corrected chi connectivity index (χ3v) is 3.73. The van der Waals surface area contributed by atoms with Crippen LogP contribution in [0.15, 0.2) is 18.2 Å². The van der Waals surface area contributed by atoms with E-state index in [0.29, 0.717) is 19.3 Å². The maximum atomic E-state index is 6.14. The van der Waals surface area contributed by atoms with Crippen LogP contribution in [0.5, 0.6) is 11.5 Å². The molecule has 0 bridgehead atoms. The molecule has 0 spiro atoms. The van der Waals surface area contributed by atoms with Crippen molar-refractivity contribution < 1.29 is 9.47 Å². The average Bonchev–Trinajstić information content (AvgIpc) is 2.41. The van der Waals surface area contributed by atoms with Crippen molar-refractivity contribution in [2.75, 3.05) is 6.61 Å². The zero-order chi connectivity index (χ0) is 13.7. The van der Waals surface area contributed by atoms with Gasteiger partial charge in [0.1, 0.15) is 0 Å². The van der Waals surface area contributed by atoms with Crippen molar-refractivity contribution >= 4 is 0 Å². The lowest BCUT2D eigenvalue weighted by molar-refractivity contribution is 0.124. The van der Waals surface area contributed by atoms with E-state index in [1.165, 1.54) is 12.8 Å². The van der Waals surface area contributed by atoms with Gasteiger partial charge in [0.05, 0.1) is 12.7 Å². The summed E-state index contributed by atoms with van der Waals surface area (Å²) in [4.78, 5) is 0. The van der Waals surface area contributed by atoms with Crippen LogP contribution >= 0.6 is 0 Å². The molecule has 3 heteroatoms. The molecular weight excluding hydrogens is 238 g/mol. The van der Waals surface area contributed by atoms with Crippen molar-refractivity contribution in [3.63, 3.8) is 0 Å². The normalized spacial score (nSPS) is 23.1. The molecule has 0 saturated heterocycles. The number of hydrogen-bond acceptors (Lipinski definition) is 3. The monoisotopic (exact) mass is 263 g/mol. The van der Waals surface area contributed by atoms with E-state index in [0.717, 1.165) is 35.8 Å². The molecule has 1 fully saturated rings. The van der Waals surface area contributed by atoms with Crippen LogP contribution in [-0.4, -0.2) is 12.7 Å². The van der Waals surface area contributed by atoms with Crippen LogP contribution in [-0.2, 0) is 6.54 Å². The Labute approximate surface area is 116 Å². The SMILES string of the molecule is CCOc1cc(CN)ccc1OC1CCCC(C)C1. The Morgan fingerprint density at radius 1 is 1.26 bits per heavy atom. The zero-order valence-electron chi connectivity index (χ0n) is 12.0. The molecule has 0 amide bonds. The summed E-state index contributed by atoms with van der Waals surface area (Å²) in [5.41, 5.74) is 6.75. The Morgan fingerprint density at radius 3 is 2.79 bits per heavy atom. The lowest BCUT2D eigenvalue weighted by Gasteiger charge is -2.28. The summed E-state index contributed by atoms with van der Waals surface area (Å²) in [6, 6.07) is 6.00. The van der Waals surface area contributed by atoms with Gasteiger partial charge in [0, 0.05) is 6.54 Å². The van der Waals surface area contributed by atoms with Crippen LogP contribution in [0.2, 0.25) is 0 Å². The van der Waals surface area contributed by atoms with Crippen LogP contribution in [0.3, 0.4) is 0 Å². The Balaban J connectivity index is 2.09. The largest absolute Gasteiger partial charge is 0.490 e. The molecule has 2 atom stereocenters. The lowest BCUT2D eigenvalue weighted by atomic mass is 9.89. The van der Waals surface area contributed by atoms with E-state index in [1.807, 2.05) is 25.1 Å². The summed E-state index contributed by atoms with van der Waals surface area (Å²) in [7, 11) is 0. The Morgan fingerprint density at radius 2 is 2.11 bits per heavy atom. The highest BCUT2D eigenvalue weighted by Gasteiger charge is 2.21. The number of hydrogen-bond donors (Lipinski definition) is 1. The van der Waals surface area contributed by atoms with Crippen molar-refractivity contribution in [3.05, 3.63) is 23.8 Å². The highest BCUT2D eigenvalue weighted by molar-refractivity contribution is 5.43. The summed E-state index contributed by atoms with van der Waals surface area (Å²) in [6.07, 6.45) is 5.20. The molecule has 0 radical (unpaired) electrons. The minimum atomic E-state index is 0.326. The molecule has 2 rings (SSSR count). The first-order chi connectivity index (χ1) is 9.22. The zero-order valence-corrected chi connectivity index (χ0v) is 12.0. The fourth-order valence-corrected chi connectivity index (χ4v) is 2.71. The minimum absolute atomic E-state index is 0.326. The van der Waals surface area contributed by atoms with E-state index in [9.17, 15) is 0 Å². The van der Waals surface area contributed by atoms with Gasteiger partial charge in [-0.2, -0.15) is 0 Å². The number of nitrogens with two attached hydrogens (primary N) is 1. The molecule has 0 aliphatic heterocycles. The molecule has 1 aliphatic rings. The Kier molecular flexibility index (Phi) is 5.08. The predicted molar refractivity (Wildman–Crippen MR) is 77.6 cm³/mol. The van der Waals surface area contributed by atoms with Crippen LogP contribution in [0.1, 0.15) is 45.1 Å². The van der Waals surface area contributed by atoms with Crippen molar-refractivity contribution in [1.29, 1.82) is 0 Å². The highest BCUT2D eigenvalue weighted by Crippen LogP contribution is 2.33. The van der Waals surface area contributed by atoms with Gasteiger partial charge in [0.2, 0.25) is 0 Å². The molecule has 19 heavy (non-hydrogen) atoms. The number of ether oxygens (including phenoxy) is 2. The third kappa shape index (κ3) is 3.87. The van der Waals surface area contributed by atoms with E-state index in [1.54, 1.807) is 0 Å². The highest BCUT2D eigenvalue weighted by atomic mass is 16.5. The van der Waals surface area contributed by atoms with Gasteiger partial charge in [-0.05, 0) is 49.8 Å². The molecule has 2 unspecified atom stereocenters. The summed E-state index contributed by atoms with van der Waals surface area (Å²) in [6.45, 7) is 5.46. The standard InChI is InChI=1S/C16H25NO2/c1-3-18-16-10-13(11-17)7-8-15(16)19-14-6-4-5-12(2)9-14/h7-8,10,12,14H,3-6,9,11,17H2,1-2H3.